The predicted molar refractivity (Wildman–Crippen MR) is 79.2 cm³/mol. The molecule has 2 rings (SSSR count). The number of aromatic nitrogens is 1. The van der Waals surface area contributed by atoms with Crippen molar-refractivity contribution in [2.45, 2.75) is 6.54 Å². The zero-order valence-electron chi connectivity index (χ0n) is 11.2. The van der Waals surface area contributed by atoms with Gasteiger partial charge in [-0.15, -0.1) is 0 Å². The van der Waals surface area contributed by atoms with Gasteiger partial charge in [0.2, 0.25) is 5.82 Å². The number of anilines is 1. The number of nitro groups is 1. The zero-order chi connectivity index (χ0) is 15.4. The molecule has 0 atom stereocenters. The minimum absolute atomic E-state index is 0.151. The molecule has 6 nitrogen and oxygen atoms in total. The number of halogens is 1. The lowest BCUT2D eigenvalue weighted by Gasteiger charge is -2.18. The summed E-state index contributed by atoms with van der Waals surface area (Å²) in [5.74, 6) is 0.228. The average molecular weight is 303 g/mol. The maximum absolute atomic E-state index is 11.1. The molecule has 1 aromatic carbocycles. The summed E-state index contributed by atoms with van der Waals surface area (Å²) in [5, 5.41) is 20.2. The Morgan fingerprint density at radius 2 is 2.24 bits per heavy atom. The molecule has 0 saturated heterocycles. The van der Waals surface area contributed by atoms with E-state index in [-0.39, 0.29) is 16.5 Å². The lowest BCUT2D eigenvalue weighted by atomic mass is 10.1. The number of pyridine rings is 1. The van der Waals surface area contributed by atoms with E-state index in [1.807, 2.05) is 6.07 Å². The van der Waals surface area contributed by atoms with Crippen LogP contribution in [0.1, 0.15) is 11.1 Å². The number of hydrogen-bond acceptors (Lipinski definition) is 5. The summed E-state index contributed by atoms with van der Waals surface area (Å²) in [6.07, 6.45) is 1.37. The minimum Gasteiger partial charge on any atom is -0.350 e. The standard InChI is InChI=1S/C14H11ClN4O2/c1-18(9-11-4-2-3-10(5-11)7-16)14-13(19(20)21)6-12(15)8-17-14/h2-6,8H,9H2,1H3. The number of nitriles is 1. The second kappa shape index (κ2) is 6.20. The molecular formula is C14H11ClN4O2. The Labute approximate surface area is 126 Å². The van der Waals surface area contributed by atoms with Crippen LogP contribution in [0, 0.1) is 21.4 Å². The van der Waals surface area contributed by atoms with E-state index in [1.54, 1.807) is 30.1 Å². The zero-order valence-corrected chi connectivity index (χ0v) is 11.9. The van der Waals surface area contributed by atoms with E-state index in [0.29, 0.717) is 12.1 Å². The Hall–Kier alpha value is -2.65. The third-order valence-electron chi connectivity index (χ3n) is 2.85. The van der Waals surface area contributed by atoms with E-state index in [1.165, 1.54) is 12.3 Å². The summed E-state index contributed by atoms with van der Waals surface area (Å²) in [6.45, 7) is 0.394. The Bertz CT molecular complexity index is 727. The third kappa shape index (κ3) is 3.46. The Balaban J connectivity index is 2.30. The first-order valence-electron chi connectivity index (χ1n) is 6.01. The van der Waals surface area contributed by atoms with Gasteiger partial charge in [0.15, 0.2) is 0 Å². The summed E-state index contributed by atoms with van der Waals surface area (Å²) in [7, 11) is 1.70. The summed E-state index contributed by atoms with van der Waals surface area (Å²) >= 11 is 5.74. The Morgan fingerprint density at radius 1 is 1.48 bits per heavy atom. The average Bonchev–Trinajstić information content (AvgIpc) is 2.47. The van der Waals surface area contributed by atoms with Crippen LogP contribution >= 0.6 is 11.6 Å². The number of hydrogen-bond donors (Lipinski definition) is 0. The molecular weight excluding hydrogens is 292 g/mol. The van der Waals surface area contributed by atoms with Gasteiger partial charge in [-0.1, -0.05) is 23.7 Å². The highest BCUT2D eigenvalue weighted by molar-refractivity contribution is 6.30. The SMILES string of the molecule is CN(Cc1cccc(C#N)c1)c1ncc(Cl)cc1[N+](=O)[O-]. The quantitative estimate of drug-likeness (QED) is 0.640. The first kappa shape index (κ1) is 14.8. The molecule has 0 N–H and O–H groups in total. The van der Waals surface area contributed by atoms with Gasteiger partial charge in [-0.2, -0.15) is 5.26 Å². The van der Waals surface area contributed by atoms with E-state index < -0.39 is 4.92 Å². The molecule has 0 fully saturated rings. The smallest absolute Gasteiger partial charge is 0.313 e. The highest BCUT2D eigenvalue weighted by Gasteiger charge is 2.19. The largest absolute Gasteiger partial charge is 0.350 e. The summed E-state index contributed by atoms with van der Waals surface area (Å²) in [4.78, 5) is 16.2. The molecule has 0 aliphatic rings. The number of nitrogens with zero attached hydrogens (tertiary/aromatic N) is 4. The van der Waals surface area contributed by atoms with Crippen molar-refractivity contribution < 1.29 is 4.92 Å². The van der Waals surface area contributed by atoms with Crippen molar-refractivity contribution in [1.82, 2.24) is 4.98 Å². The van der Waals surface area contributed by atoms with Crippen molar-refractivity contribution in [3.63, 3.8) is 0 Å². The van der Waals surface area contributed by atoms with Gasteiger partial charge in [-0.25, -0.2) is 4.98 Å². The summed E-state index contributed by atoms with van der Waals surface area (Å²) in [5.41, 5.74) is 1.25. The van der Waals surface area contributed by atoms with Gasteiger partial charge >= 0.3 is 5.69 Å². The van der Waals surface area contributed by atoms with Crippen molar-refractivity contribution in [3.05, 3.63) is 62.8 Å². The number of benzene rings is 1. The second-order valence-corrected chi connectivity index (χ2v) is 4.86. The monoisotopic (exact) mass is 302 g/mol. The highest BCUT2D eigenvalue weighted by atomic mass is 35.5. The molecule has 0 radical (unpaired) electrons. The fourth-order valence-corrected chi connectivity index (χ4v) is 2.09. The Morgan fingerprint density at radius 3 is 2.90 bits per heavy atom. The lowest BCUT2D eigenvalue weighted by molar-refractivity contribution is -0.384. The molecule has 0 saturated carbocycles. The van der Waals surface area contributed by atoms with Crippen LogP contribution in [0.25, 0.3) is 0 Å². The molecule has 106 valence electrons. The molecule has 0 amide bonds. The van der Waals surface area contributed by atoms with Crippen LogP contribution in [0.5, 0.6) is 0 Å². The molecule has 0 bridgehead atoms. The second-order valence-electron chi connectivity index (χ2n) is 4.42. The number of rotatable bonds is 4. The van der Waals surface area contributed by atoms with Crippen LogP contribution in [0.4, 0.5) is 11.5 Å². The summed E-state index contributed by atoms with van der Waals surface area (Å²) < 4.78 is 0. The van der Waals surface area contributed by atoms with E-state index in [0.717, 1.165) is 5.56 Å². The van der Waals surface area contributed by atoms with Crippen LogP contribution in [-0.2, 0) is 6.54 Å². The molecule has 2 aromatic rings. The van der Waals surface area contributed by atoms with Gasteiger partial charge in [0.1, 0.15) is 0 Å². The van der Waals surface area contributed by atoms with Crippen LogP contribution in [-0.4, -0.2) is 17.0 Å². The van der Waals surface area contributed by atoms with E-state index in [2.05, 4.69) is 11.1 Å². The topological polar surface area (TPSA) is 83.1 Å². The molecule has 0 unspecified atom stereocenters. The molecule has 1 heterocycles. The summed E-state index contributed by atoms with van der Waals surface area (Å²) in [6, 6.07) is 10.4. The highest BCUT2D eigenvalue weighted by Crippen LogP contribution is 2.28. The maximum atomic E-state index is 11.1. The van der Waals surface area contributed by atoms with Crippen LogP contribution in [0.2, 0.25) is 5.02 Å². The first-order valence-corrected chi connectivity index (χ1v) is 6.39. The molecule has 7 heteroatoms. The Kier molecular flexibility index (Phi) is 4.36. The molecule has 1 aromatic heterocycles. The fourth-order valence-electron chi connectivity index (χ4n) is 1.94. The van der Waals surface area contributed by atoms with Gasteiger partial charge in [0.25, 0.3) is 0 Å². The molecule has 0 aliphatic heterocycles. The van der Waals surface area contributed by atoms with Crippen LogP contribution in [0.3, 0.4) is 0 Å². The molecule has 0 spiro atoms. The van der Waals surface area contributed by atoms with Gasteiger partial charge in [-0.3, -0.25) is 10.1 Å². The van der Waals surface area contributed by atoms with Gasteiger partial charge in [0, 0.05) is 25.9 Å². The molecule has 21 heavy (non-hydrogen) atoms. The third-order valence-corrected chi connectivity index (χ3v) is 3.05. The minimum atomic E-state index is -0.517. The van der Waals surface area contributed by atoms with Crippen molar-refractivity contribution in [3.8, 4) is 6.07 Å². The fraction of sp³-hybridized carbons (Fsp3) is 0.143. The molecule has 0 aliphatic carbocycles. The van der Waals surface area contributed by atoms with Gasteiger partial charge in [0.05, 0.1) is 21.6 Å². The van der Waals surface area contributed by atoms with E-state index >= 15 is 0 Å². The normalized spacial score (nSPS) is 9.95. The van der Waals surface area contributed by atoms with Crippen molar-refractivity contribution in [1.29, 1.82) is 5.26 Å². The maximum Gasteiger partial charge on any atom is 0.313 e. The van der Waals surface area contributed by atoms with Gasteiger partial charge < -0.3 is 4.90 Å². The van der Waals surface area contributed by atoms with Crippen molar-refractivity contribution >= 4 is 23.1 Å². The predicted octanol–water partition coefficient (Wildman–Crippen LogP) is 3.15. The van der Waals surface area contributed by atoms with Crippen molar-refractivity contribution in [2.24, 2.45) is 0 Å². The first-order chi connectivity index (χ1) is 10.0. The van der Waals surface area contributed by atoms with E-state index in [9.17, 15) is 10.1 Å². The van der Waals surface area contributed by atoms with Gasteiger partial charge in [-0.05, 0) is 17.7 Å². The van der Waals surface area contributed by atoms with Crippen LogP contribution in [0.15, 0.2) is 36.5 Å². The van der Waals surface area contributed by atoms with Crippen molar-refractivity contribution in [2.75, 3.05) is 11.9 Å². The lowest BCUT2D eigenvalue weighted by Crippen LogP contribution is -2.19. The van der Waals surface area contributed by atoms with Crippen LogP contribution < -0.4 is 4.90 Å². The van der Waals surface area contributed by atoms with E-state index in [4.69, 9.17) is 16.9 Å².